The van der Waals surface area contributed by atoms with Crippen molar-refractivity contribution in [3.05, 3.63) is 45.2 Å². The van der Waals surface area contributed by atoms with Crippen molar-refractivity contribution in [3.63, 3.8) is 0 Å². The van der Waals surface area contributed by atoms with Gasteiger partial charge in [0.1, 0.15) is 15.8 Å². The lowest BCUT2D eigenvalue weighted by Crippen LogP contribution is -2.39. The average Bonchev–Trinajstić information content (AvgIpc) is 3.20. The zero-order chi connectivity index (χ0) is 21.5. The molecular weight excluding hydrogens is 448 g/mol. The number of aromatic nitrogens is 2. The molecule has 2 N–H and O–H groups in total. The first-order chi connectivity index (χ1) is 14.3. The molecule has 2 aliphatic heterocycles. The molecular formula is C18H18N4O5S3. The number of carbonyl (C=O) groups is 1. The van der Waals surface area contributed by atoms with E-state index in [-0.39, 0.29) is 50.8 Å². The van der Waals surface area contributed by atoms with Crippen LogP contribution in [0.1, 0.15) is 12.0 Å². The lowest BCUT2D eigenvalue weighted by atomic mass is 10.2. The summed E-state index contributed by atoms with van der Waals surface area (Å²) >= 11 is 6.35. The van der Waals surface area contributed by atoms with Crippen molar-refractivity contribution >= 4 is 61.6 Å². The predicted octanol–water partition coefficient (Wildman–Crippen LogP) is 0.487. The molecule has 2 aromatic rings. The summed E-state index contributed by atoms with van der Waals surface area (Å²) in [5.41, 5.74) is 0.199. The molecule has 0 aliphatic carbocycles. The van der Waals surface area contributed by atoms with Crippen LogP contribution in [0.3, 0.4) is 0 Å². The van der Waals surface area contributed by atoms with E-state index >= 15 is 0 Å². The lowest BCUT2D eigenvalue weighted by molar-refractivity contribution is -0.123. The summed E-state index contributed by atoms with van der Waals surface area (Å²) in [4.78, 5) is 32.0. The lowest BCUT2D eigenvalue weighted by Gasteiger charge is -2.20. The summed E-state index contributed by atoms with van der Waals surface area (Å²) in [5, 5.41) is 12.0. The van der Waals surface area contributed by atoms with Crippen LogP contribution in [-0.4, -0.2) is 68.7 Å². The van der Waals surface area contributed by atoms with Gasteiger partial charge in [-0.2, -0.15) is 0 Å². The molecule has 1 unspecified atom stereocenters. The number of aliphatic hydroxyl groups excluding tert-OH is 1. The van der Waals surface area contributed by atoms with Crippen molar-refractivity contribution in [1.82, 2.24) is 14.3 Å². The summed E-state index contributed by atoms with van der Waals surface area (Å²) in [5.74, 6) is -0.262. The highest BCUT2D eigenvalue weighted by atomic mass is 32.2. The first-order valence-corrected chi connectivity index (χ1v) is 12.2. The van der Waals surface area contributed by atoms with Gasteiger partial charge in [0.15, 0.2) is 9.84 Å². The second-order valence-electron chi connectivity index (χ2n) is 6.87. The molecule has 30 heavy (non-hydrogen) atoms. The van der Waals surface area contributed by atoms with Crippen LogP contribution >= 0.6 is 24.0 Å². The number of sulfone groups is 1. The van der Waals surface area contributed by atoms with Gasteiger partial charge in [-0.1, -0.05) is 30.0 Å². The highest BCUT2D eigenvalue weighted by Gasteiger charge is 2.42. The number of nitrogens with one attached hydrogen (secondary N) is 1. The quantitative estimate of drug-likeness (QED) is 0.479. The van der Waals surface area contributed by atoms with Crippen molar-refractivity contribution in [2.75, 3.05) is 30.0 Å². The van der Waals surface area contributed by atoms with Gasteiger partial charge in [0.2, 0.25) is 0 Å². The number of aliphatic hydroxyl groups is 1. The number of pyridine rings is 1. The smallest absolute Gasteiger partial charge is 0.267 e. The fraction of sp³-hybridized carbons (Fsp3) is 0.333. The highest BCUT2D eigenvalue weighted by Crippen LogP contribution is 2.36. The fourth-order valence-corrected chi connectivity index (χ4v) is 6.53. The Morgan fingerprint density at radius 2 is 2.17 bits per heavy atom. The van der Waals surface area contributed by atoms with Gasteiger partial charge in [-0.25, -0.2) is 13.4 Å². The topological polar surface area (TPSA) is 121 Å². The summed E-state index contributed by atoms with van der Waals surface area (Å²) in [6, 6.07) is 4.63. The van der Waals surface area contributed by atoms with Gasteiger partial charge in [-0.05, 0) is 24.6 Å². The van der Waals surface area contributed by atoms with E-state index in [0.717, 1.165) is 11.8 Å². The number of thiocarbonyl (C=S) groups is 1. The van der Waals surface area contributed by atoms with Gasteiger partial charge in [-0.3, -0.25) is 18.9 Å². The number of amides is 1. The molecule has 2 aliphatic rings. The van der Waals surface area contributed by atoms with Gasteiger partial charge < -0.3 is 10.4 Å². The van der Waals surface area contributed by atoms with Crippen molar-refractivity contribution in [2.45, 2.75) is 12.5 Å². The summed E-state index contributed by atoms with van der Waals surface area (Å²) in [6.45, 7) is 0.0186. The van der Waals surface area contributed by atoms with Crippen LogP contribution < -0.4 is 10.9 Å². The molecule has 2 fully saturated rings. The Balaban J connectivity index is 1.75. The van der Waals surface area contributed by atoms with Crippen LogP contribution in [0.4, 0.5) is 5.82 Å². The molecule has 4 rings (SSSR count). The van der Waals surface area contributed by atoms with Crippen molar-refractivity contribution < 1.29 is 18.3 Å². The van der Waals surface area contributed by atoms with E-state index in [9.17, 15) is 18.0 Å². The van der Waals surface area contributed by atoms with Crippen LogP contribution in [0.15, 0.2) is 34.1 Å². The van der Waals surface area contributed by atoms with E-state index in [1.54, 1.807) is 24.4 Å². The van der Waals surface area contributed by atoms with Gasteiger partial charge in [0, 0.05) is 12.7 Å². The average molecular weight is 467 g/mol. The third-order valence-corrected chi connectivity index (χ3v) is 7.93. The Morgan fingerprint density at radius 1 is 1.37 bits per heavy atom. The number of anilines is 1. The third-order valence-electron chi connectivity index (χ3n) is 4.85. The molecule has 1 atom stereocenters. The number of carbonyl (C=O) groups excluding carboxylic acids is 1. The normalized spacial score (nSPS) is 22.4. The number of hydrogen-bond acceptors (Lipinski definition) is 9. The minimum atomic E-state index is -3.18. The molecule has 0 aromatic carbocycles. The van der Waals surface area contributed by atoms with Gasteiger partial charge in [-0.15, -0.1) is 0 Å². The maximum Gasteiger partial charge on any atom is 0.267 e. The largest absolute Gasteiger partial charge is 0.395 e. The zero-order valence-electron chi connectivity index (χ0n) is 15.6. The van der Waals surface area contributed by atoms with Gasteiger partial charge in [0.25, 0.3) is 11.5 Å². The number of thioether (sulfide) groups is 1. The molecule has 0 bridgehead atoms. The number of nitrogens with zero attached hydrogens (tertiary/aromatic N) is 3. The Morgan fingerprint density at radius 3 is 2.87 bits per heavy atom. The van der Waals surface area contributed by atoms with Gasteiger partial charge >= 0.3 is 0 Å². The maximum absolute atomic E-state index is 13.0. The summed E-state index contributed by atoms with van der Waals surface area (Å²) in [7, 11) is -3.18. The number of fused-ring (bicyclic) bond motifs is 1. The number of hydrogen-bond donors (Lipinski definition) is 2. The third kappa shape index (κ3) is 3.87. The molecule has 9 nitrogen and oxygen atoms in total. The van der Waals surface area contributed by atoms with Crippen LogP contribution in [0.25, 0.3) is 11.7 Å². The van der Waals surface area contributed by atoms with Crippen molar-refractivity contribution in [2.24, 2.45) is 0 Å². The van der Waals surface area contributed by atoms with Gasteiger partial charge in [0.05, 0.1) is 34.6 Å². The molecule has 0 radical (unpaired) electrons. The Bertz CT molecular complexity index is 1240. The van der Waals surface area contributed by atoms with Crippen LogP contribution in [0.5, 0.6) is 0 Å². The second kappa shape index (κ2) is 8.10. The number of rotatable bonds is 5. The zero-order valence-corrected chi connectivity index (χ0v) is 18.1. The van der Waals surface area contributed by atoms with E-state index in [1.165, 1.54) is 15.4 Å². The molecule has 12 heteroatoms. The molecule has 0 spiro atoms. The Hall–Kier alpha value is -2.28. The second-order valence-corrected chi connectivity index (χ2v) is 10.8. The minimum Gasteiger partial charge on any atom is -0.395 e. The predicted molar refractivity (Wildman–Crippen MR) is 119 cm³/mol. The first kappa shape index (κ1) is 21.0. The first-order valence-electron chi connectivity index (χ1n) is 9.14. The SMILES string of the molecule is O=C1/C(=C\c2c(NCCO)nc3ccccn3c2=O)SC(=S)N1C1CCS(=O)(=O)C1. The Labute approximate surface area is 181 Å². The molecule has 2 saturated heterocycles. The van der Waals surface area contributed by atoms with Crippen molar-refractivity contribution in [3.8, 4) is 0 Å². The monoisotopic (exact) mass is 466 g/mol. The Kier molecular flexibility index (Phi) is 5.66. The van der Waals surface area contributed by atoms with E-state index in [0.29, 0.717) is 12.1 Å². The van der Waals surface area contributed by atoms with E-state index in [1.807, 2.05) is 0 Å². The molecule has 2 aromatic heterocycles. The van der Waals surface area contributed by atoms with E-state index in [4.69, 9.17) is 17.3 Å². The molecule has 1 amide bonds. The highest BCUT2D eigenvalue weighted by molar-refractivity contribution is 8.26. The standard InChI is InChI=1S/C18H18N4O5S3/c23-7-5-19-15-12(16(24)21-6-2-1-3-14(21)20-15)9-13-17(25)22(18(28)29-13)11-4-8-30(26,27)10-11/h1-3,6,9,11,19,23H,4-5,7-8,10H2/b13-9+. The van der Waals surface area contributed by atoms with Crippen LogP contribution in [0, 0.1) is 0 Å². The molecule has 0 saturated carbocycles. The minimum absolute atomic E-state index is 0.0267. The molecule has 158 valence electrons. The maximum atomic E-state index is 13.0. The summed E-state index contributed by atoms with van der Waals surface area (Å²) < 4.78 is 25.3. The van der Waals surface area contributed by atoms with E-state index in [2.05, 4.69) is 10.3 Å². The van der Waals surface area contributed by atoms with E-state index < -0.39 is 21.8 Å². The van der Waals surface area contributed by atoms with Crippen LogP contribution in [-0.2, 0) is 14.6 Å². The fourth-order valence-electron chi connectivity index (χ4n) is 3.45. The van der Waals surface area contributed by atoms with Crippen LogP contribution in [0.2, 0.25) is 0 Å². The van der Waals surface area contributed by atoms with Crippen molar-refractivity contribution in [1.29, 1.82) is 0 Å². The molecule has 4 heterocycles. The summed E-state index contributed by atoms with van der Waals surface area (Å²) in [6.07, 6.45) is 3.34.